The van der Waals surface area contributed by atoms with Gasteiger partial charge in [0.15, 0.2) is 5.96 Å². The Morgan fingerprint density at radius 2 is 1.81 bits per heavy atom. The maximum absolute atomic E-state index is 11.0. The summed E-state index contributed by atoms with van der Waals surface area (Å²) in [5, 5.41) is 3.35. The molecule has 0 radical (unpaired) electrons. The standard InChI is InChI=1S/C14H28N4O2S/c1-15-14(16-8-5-9-17-21(2,19)20)18-10-12-6-3-4-7-13(12)11-18/h12-13,17H,3-11H2,1-2H3,(H,15,16). The smallest absolute Gasteiger partial charge is 0.208 e. The molecule has 0 aromatic rings. The molecule has 2 fully saturated rings. The number of guanidine groups is 1. The first-order chi connectivity index (χ1) is 9.99. The minimum absolute atomic E-state index is 0.466. The van der Waals surface area contributed by atoms with Gasteiger partial charge in [-0.15, -0.1) is 0 Å². The molecule has 2 rings (SSSR count). The summed E-state index contributed by atoms with van der Waals surface area (Å²) < 4.78 is 24.5. The number of nitrogens with zero attached hydrogens (tertiary/aromatic N) is 2. The highest BCUT2D eigenvalue weighted by Gasteiger charge is 2.35. The van der Waals surface area contributed by atoms with Crippen LogP contribution in [-0.2, 0) is 10.0 Å². The molecule has 7 heteroatoms. The first-order valence-electron chi connectivity index (χ1n) is 7.90. The Morgan fingerprint density at radius 3 is 2.33 bits per heavy atom. The number of nitrogens with one attached hydrogen (secondary N) is 2. The van der Waals surface area contributed by atoms with Crippen LogP contribution in [0.4, 0.5) is 0 Å². The Morgan fingerprint density at radius 1 is 1.19 bits per heavy atom. The zero-order chi connectivity index (χ0) is 15.3. The zero-order valence-corrected chi connectivity index (χ0v) is 14.0. The molecule has 1 saturated heterocycles. The predicted molar refractivity (Wildman–Crippen MR) is 85.8 cm³/mol. The second kappa shape index (κ2) is 7.45. The van der Waals surface area contributed by atoms with Crippen LogP contribution in [0.25, 0.3) is 0 Å². The second-order valence-corrected chi connectivity index (χ2v) is 8.04. The normalized spacial score (nSPS) is 26.8. The molecule has 1 heterocycles. The Balaban J connectivity index is 1.71. The SMILES string of the molecule is CN=C(NCCCNS(C)(=O)=O)N1CC2CCCCC2C1. The highest BCUT2D eigenvalue weighted by atomic mass is 32.2. The minimum atomic E-state index is -3.08. The summed E-state index contributed by atoms with van der Waals surface area (Å²) in [6, 6.07) is 0. The van der Waals surface area contributed by atoms with Gasteiger partial charge >= 0.3 is 0 Å². The van der Waals surface area contributed by atoms with Crippen molar-refractivity contribution in [2.24, 2.45) is 16.8 Å². The van der Waals surface area contributed by atoms with E-state index in [1.807, 2.05) is 7.05 Å². The van der Waals surface area contributed by atoms with Crippen molar-refractivity contribution in [3.05, 3.63) is 0 Å². The lowest BCUT2D eigenvalue weighted by atomic mass is 9.82. The predicted octanol–water partition coefficient (Wildman–Crippen LogP) is 0.623. The van der Waals surface area contributed by atoms with Crippen molar-refractivity contribution in [2.75, 3.05) is 39.5 Å². The summed E-state index contributed by atoms with van der Waals surface area (Å²) in [5.41, 5.74) is 0. The van der Waals surface area contributed by atoms with Gasteiger partial charge in [-0.25, -0.2) is 13.1 Å². The third-order valence-electron chi connectivity index (χ3n) is 4.49. The van der Waals surface area contributed by atoms with E-state index >= 15 is 0 Å². The van der Waals surface area contributed by atoms with E-state index in [2.05, 4.69) is 19.9 Å². The molecule has 1 aliphatic heterocycles. The van der Waals surface area contributed by atoms with E-state index in [1.165, 1.54) is 31.9 Å². The van der Waals surface area contributed by atoms with E-state index in [1.54, 1.807) is 0 Å². The lowest BCUT2D eigenvalue weighted by Gasteiger charge is -2.22. The maximum atomic E-state index is 11.0. The van der Waals surface area contributed by atoms with Gasteiger partial charge in [0.1, 0.15) is 0 Å². The van der Waals surface area contributed by atoms with Crippen LogP contribution in [0.2, 0.25) is 0 Å². The quantitative estimate of drug-likeness (QED) is 0.443. The van der Waals surface area contributed by atoms with Gasteiger partial charge in [-0.2, -0.15) is 0 Å². The lowest BCUT2D eigenvalue weighted by molar-refractivity contribution is 0.299. The molecular formula is C14H28N4O2S. The van der Waals surface area contributed by atoms with E-state index in [0.717, 1.165) is 43.9 Å². The molecule has 6 nitrogen and oxygen atoms in total. The fraction of sp³-hybridized carbons (Fsp3) is 0.929. The molecule has 1 aliphatic carbocycles. The number of likely N-dealkylation sites (tertiary alicyclic amines) is 1. The van der Waals surface area contributed by atoms with Crippen molar-refractivity contribution in [1.29, 1.82) is 0 Å². The fourth-order valence-electron chi connectivity index (χ4n) is 3.46. The van der Waals surface area contributed by atoms with Crippen LogP contribution in [0.3, 0.4) is 0 Å². The van der Waals surface area contributed by atoms with E-state index in [9.17, 15) is 8.42 Å². The number of fused-ring (bicyclic) bond motifs is 1. The van der Waals surface area contributed by atoms with Gasteiger partial charge in [0, 0.05) is 33.2 Å². The summed E-state index contributed by atoms with van der Waals surface area (Å²) in [7, 11) is -1.26. The molecule has 122 valence electrons. The molecule has 1 saturated carbocycles. The first kappa shape index (κ1) is 16.5. The summed E-state index contributed by atoms with van der Waals surface area (Å²) in [6.45, 7) is 3.44. The van der Waals surface area contributed by atoms with Gasteiger partial charge < -0.3 is 10.2 Å². The maximum Gasteiger partial charge on any atom is 0.208 e. The molecule has 2 unspecified atom stereocenters. The van der Waals surface area contributed by atoms with E-state index in [-0.39, 0.29) is 0 Å². The number of sulfonamides is 1. The van der Waals surface area contributed by atoms with Crippen LogP contribution in [0.5, 0.6) is 0 Å². The average Bonchev–Trinajstić information content (AvgIpc) is 2.85. The molecule has 21 heavy (non-hydrogen) atoms. The molecule has 0 bridgehead atoms. The molecule has 2 N–H and O–H groups in total. The molecular weight excluding hydrogens is 288 g/mol. The highest BCUT2D eigenvalue weighted by Crippen LogP contribution is 2.35. The molecule has 2 aliphatic rings. The second-order valence-electron chi connectivity index (χ2n) is 6.20. The van der Waals surface area contributed by atoms with Crippen LogP contribution in [0.15, 0.2) is 4.99 Å². The van der Waals surface area contributed by atoms with Crippen molar-refractivity contribution in [1.82, 2.24) is 14.9 Å². The molecule has 0 aromatic heterocycles. The topological polar surface area (TPSA) is 73.8 Å². The minimum Gasteiger partial charge on any atom is -0.356 e. The van der Waals surface area contributed by atoms with Gasteiger partial charge in [0.2, 0.25) is 10.0 Å². The summed E-state index contributed by atoms with van der Waals surface area (Å²) >= 11 is 0. The van der Waals surface area contributed by atoms with Crippen LogP contribution in [0.1, 0.15) is 32.1 Å². The van der Waals surface area contributed by atoms with Crippen LogP contribution in [-0.4, -0.2) is 58.8 Å². The third-order valence-corrected chi connectivity index (χ3v) is 5.22. The van der Waals surface area contributed by atoms with Crippen molar-refractivity contribution in [3.8, 4) is 0 Å². The number of hydrogen-bond donors (Lipinski definition) is 2. The van der Waals surface area contributed by atoms with Crippen LogP contribution >= 0.6 is 0 Å². The Kier molecular flexibility index (Phi) is 5.87. The van der Waals surface area contributed by atoms with Crippen molar-refractivity contribution in [3.63, 3.8) is 0 Å². The molecule has 0 amide bonds. The summed E-state index contributed by atoms with van der Waals surface area (Å²) in [4.78, 5) is 6.73. The summed E-state index contributed by atoms with van der Waals surface area (Å²) in [6.07, 6.45) is 7.40. The van der Waals surface area contributed by atoms with Crippen molar-refractivity contribution >= 4 is 16.0 Å². The van der Waals surface area contributed by atoms with E-state index in [4.69, 9.17) is 0 Å². The monoisotopic (exact) mass is 316 g/mol. The van der Waals surface area contributed by atoms with Gasteiger partial charge in [-0.05, 0) is 31.1 Å². The lowest BCUT2D eigenvalue weighted by Crippen LogP contribution is -2.41. The van der Waals surface area contributed by atoms with Crippen LogP contribution in [0, 0.1) is 11.8 Å². The van der Waals surface area contributed by atoms with Gasteiger partial charge in [-0.1, -0.05) is 12.8 Å². The number of aliphatic imine (C=N–C) groups is 1. The Hall–Kier alpha value is -0.820. The number of hydrogen-bond acceptors (Lipinski definition) is 3. The first-order valence-corrected chi connectivity index (χ1v) is 9.79. The third kappa shape index (κ3) is 5.14. The van der Waals surface area contributed by atoms with Gasteiger partial charge in [-0.3, -0.25) is 4.99 Å². The molecule has 2 atom stereocenters. The van der Waals surface area contributed by atoms with E-state index in [0.29, 0.717) is 6.54 Å². The number of rotatable bonds is 5. The molecule has 0 aromatic carbocycles. The van der Waals surface area contributed by atoms with E-state index < -0.39 is 10.0 Å². The zero-order valence-electron chi connectivity index (χ0n) is 13.1. The van der Waals surface area contributed by atoms with Crippen LogP contribution < -0.4 is 10.0 Å². The van der Waals surface area contributed by atoms with Gasteiger partial charge in [0.25, 0.3) is 0 Å². The summed E-state index contributed by atoms with van der Waals surface area (Å²) in [5.74, 6) is 2.64. The molecule has 0 spiro atoms. The fourth-order valence-corrected chi connectivity index (χ4v) is 3.97. The largest absolute Gasteiger partial charge is 0.356 e. The average molecular weight is 316 g/mol. The van der Waals surface area contributed by atoms with Crippen molar-refractivity contribution < 1.29 is 8.42 Å². The van der Waals surface area contributed by atoms with Gasteiger partial charge in [0.05, 0.1) is 6.26 Å². The Bertz CT molecular complexity index is 450. The highest BCUT2D eigenvalue weighted by molar-refractivity contribution is 7.88. The Labute approximate surface area is 128 Å². The van der Waals surface area contributed by atoms with Crippen molar-refractivity contribution in [2.45, 2.75) is 32.1 Å².